The molecule has 1 fully saturated rings. The van der Waals surface area contributed by atoms with Crippen molar-refractivity contribution in [2.45, 2.75) is 11.3 Å². The molecule has 1 saturated heterocycles. The van der Waals surface area contributed by atoms with Gasteiger partial charge in [-0.05, 0) is 12.1 Å². The molecule has 1 aromatic carbocycles. The first-order chi connectivity index (χ1) is 9.98. The number of hydrogen-bond acceptors (Lipinski definition) is 5. The van der Waals surface area contributed by atoms with Crippen LogP contribution in [0.5, 0.6) is 0 Å². The fraction of sp³-hybridized carbons (Fsp3) is 0.500. The second-order valence-electron chi connectivity index (χ2n) is 4.94. The lowest BCUT2D eigenvalue weighted by molar-refractivity contribution is -0.134. The van der Waals surface area contributed by atoms with Crippen LogP contribution in [0.2, 0.25) is 0 Å². The topological polar surface area (TPSA) is 75.7 Å². The van der Waals surface area contributed by atoms with E-state index in [1.165, 1.54) is 6.26 Å². The van der Waals surface area contributed by atoms with E-state index in [9.17, 15) is 13.2 Å². The van der Waals surface area contributed by atoms with Crippen molar-refractivity contribution in [1.29, 1.82) is 0 Å². The van der Waals surface area contributed by atoms with E-state index in [0.717, 1.165) is 0 Å². The second-order valence-corrected chi connectivity index (χ2v) is 6.92. The van der Waals surface area contributed by atoms with Crippen molar-refractivity contribution in [1.82, 2.24) is 4.90 Å². The van der Waals surface area contributed by atoms with Gasteiger partial charge in [0.15, 0.2) is 9.84 Å². The summed E-state index contributed by atoms with van der Waals surface area (Å²) in [5.41, 5.74) is 0.537. The smallest absolute Gasteiger partial charge is 0.224 e. The van der Waals surface area contributed by atoms with Crippen LogP contribution >= 0.6 is 0 Å². The van der Waals surface area contributed by atoms with Gasteiger partial charge in [0, 0.05) is 32.3 Å². The monoisotopic (exact) mass is 312 g/mol. The summed E-state index contributed by atoms with van der Waals surface area (Å²) in [5, 5.41) is 3.03. The number of anilines is 1. The third-order valence-corrected chi connectivity index (χ3v) is 4.46. The predicted octanol–water partition coefficient (Wildman–Crippen LogP) is 0.751. The van der Waals surface area contributed by atoms with E-state index < -0.39 is 9.84 Å². The number of sulfone groups is 1. The number of benzene rings is 1. The van der Waals surface area contributed by atoms with Gasteiger partial charge in [-0.3, -0.25) is 4.79 Å². The summed E-state index contributed by atoms with van der Waals surface area (Å²) >= 11 is 0. The summed E-state index contributed by atoms with van der Waals surface area (Å²) in [4.78, 5) is 14.0. The highest BCUT2D eigenvalue weighted by Crippen LogP contribution is 2.20. The molecule has 0 radical (unpaired) electrons. The molecule has 0 aromatic heterocycles. The Morgan fingerprint density at radius 3 is 2.62 bits per heavy atom. The zero-order valence-electron chi connectivity index (χ0n) is 12.0. The van der Waals surface area contributed by atoms with Gasteiger partial charge in [-0.15, -0.1) is 0 Å². The molecule has 1 N–H and O–H groups in total. The molecule has 2 rings (SSSR count). The number of ether oxygens (including phenoxy) is 1. The van der Waals surface area contributed by atoms with Gasteiger partial charge in [-0.2, -0.15) is 0 Å². The minimum Gasteiger partial charge on any atom is -0.383 e. The summed E-state index contributed by atoms with van der Waals surface area (Å²) in [7, 11) is -3.28. The van der Waals surface area contributed by atoms with E-state index in [0.29, 0.717) is 45.0 Å². The van der Waals surface area contributed by atoms with Crippen LogP contribution in [0.25, 0.3) is 0 Å². The van der Waals surface area contributed by atoms with Gasteiger partial charge in [-0.25, -0.2) is 8.42 Å². The molecular formula is C14H20N2O4S. The van der Waals surface area contributed by atoms with Crippen LogP contribution in [-0.4, -0.2) is 58.3 Å². The van der Waals surface area contributed by atoms with Crippen molar-refractivity contribution in [3.05, 3.63) is 24.3 Å². The van der Waals surface area contributed by atoms with Crippen LogP contribution in [0.15, 0.2) is 29.2 Å². The Bertz CT molecular complexity index is 595. The van der Waals surface area contributed by atoms with Crippen molar-refractivity contribution in [2.75, 3.05) is 44.4 Å². The molecule has 1 heterocycles. The van der Waals surface area contributed by atoms with Gasteiger partial charge in [0.25, 0.3) is 0 Å². The van der Waals surface area contributed by atoms with Gasteiger partial charge in [0.2, 0.25) is 5.91 Å². The van der Waals surface area contributed by atoms with E-state index in [2.05, 4.69) is 5.32 Å². The number of nitrogens with one attached hydrogen (secondary N) is 1. The maximum absolute atomic E-state index is 12.0. The van der Waals surface area contributed by atoms with Gasteiger partial charge in [0.1, 0.15) is 0 Å². The molecule has 7 heteroatoms. The number of amides is 1. The maximum Gasteiger partial charge on any atom is 0.224 e. The molecule has 0 aliphatic carbocycles. The molecule has 21 heavy (non-hydrogen) atoms. The van der Waals surface area contributed by atoms with Crippen LogP contribution < -0.4 is 5.32 Å². The normalized spacial score (nSPS) is 15.8. The molecule has 0 bridgehead atoms. The number of carbonyl (C=O) groups excluding carboxylic acids is 1. The lowest BCUT2D eigenvalue weighted by atomic mass is 10.3. The van der Waals surface area contributed by atoms with Gasteiger partial charge >= 0.3 is 0 Å². The van der Waals surface area contributed by atoms with Crippen LogP contribution in [0.1, 0.15) is 6.42 Å². The third-order valence-electron chi connectivity index (χ3n) is 3.30. The summed E-state index contributed by atoms with van der Waals surface area (Å²) in [5.74, 6) is 0.0580. The van der Waals surface area contributed by atoms with Gasteiger partial charge in [-0.1, -0.05) is 12.1 Å². The van der Waals surface area contributed by atoms with Crippen molar-refractivity contribution >= 4 is 21.4 Å². The molecule has 6 nitrogen and oxygen atoms in total. The Kier molecular flexibility index (Phi) is 5.19. The molecular weight excluding hydrogens is 292 g/mol. The van der Waals surface area contributed by atoms with Crippen LogP contribution in [-0.2, 0) is 19.4 Å². The number of hydrogen-bond donors (Lipinski definition) is 1. The zero-order chi connectivity index (χ0) is 15.3. The highest BCUT2D eigenvalue weighted by Gasteiger charge is 2.17. The van der Waals surface area contributed by atoms with E-state index >= 15 is 0 Å². The number of para-hydroxylation sites is 1. The molecule has 0 saturated carbocycles. The van der Waals surface area contributed by atoms with E-state index in [1.54, 1.807) is 29.2 Å². The molecule has 1 aliphatic rings. The van der Waals surface area contributed by atoms with Gasteiger partial charge in [0.05, 0.1) is 23.8 Å². The predicted molar refractivity (Wildman–Crippen MR) is 80.1 cm³/mol. The first kappa shape index (κ1) is 15.8. The fourth-order valence-electron chi connectivity index (χ4n) is 2.21. The number of rotatable bonds is 5. The molecule has 1 aliphatic heterocycles. The molecule has 116 valence electrons. The number of carbonyl (C=O) groups is 1. The highest BCUT2D eigenvalue weighted by molar-refractivity contribution is 7.90. The van der Waals surface area contributed by atoms with Gasteiger partial charge < -0.3 is 15.0 Å². The Balaban J connectivity index is 1.90. The fourth-order valence-corrected chi connectivity index (χ4v) is 3.08. The largest absolute Gasteiger partial charge is 0.383 e. The zero-order valence-corrected chi connectivity index (χ0v) is 12.9. The Morgan fingerprint density at radius 2 is 1.95 bits per heavy atom. The minimum absolute atomic E-state index is 0.0580. The lowest BCUT2D eigenvalue weighted by Gasteiger charge is -2.27. The van der Waals surface area contributed by atoms with E-state index in [4.69, 9.17) is 4.74 Å². The average molecular weight is 312 g/mol. The minimum atomic E-state index is -3.28. The summed E-state index contributed by atoms with van der Waals surface area (Å²) < 4.78 is 28.5. The Labute approximate surface area is 125 Å². The maximum atomic E-state index is 12.0. The van der Waals surface area contributed by atoms with Crippen molar-refractivity contribution < 1.29 is 17.9 Å². The SMILES string of the molecule is CS(=O)(=O)c1ccccc1NCCC(=O)N1CCOCC1. The summed E-state index contributed by atoms with van der Waals surface area (Å²) in [6.45, 7) is 2.81. The summed E-state index contributed by atoms with van der Waals surface area (Å²) in [6.07, 6.45) is 1.50. The lowest BCUT2D eigenvalue weighted by Crippen LogP contribution is -2.41. The Morgan fingerprint density at radius 1 is 1.29 bits per heavy atom. The van der Waals surface area contributed by atoms with Crippen molar-refractivity contribution in [2.24, 2.45) is 0 Å². The first-order valence-electron chi connectivity index (χ1n) is 6.87. The van der Waals surface area contributed by atoms with Crippen molar-refractivity contribution in [3.8, 4) is 0 Å². The molecule has 0 atom stereocenters. The number of morpholine rings is 1. The second kappa shape index (κ2) is 6.91. The van der Waals surface area contributed by atoms with Crippen LogP contribution in [0.4, 0.5) is 5.69 Å². The molecule has 0 unspecified atom stereocenters. The Hall–Kier alpha value is -1.60. The highest BCUT2D eigenvalue weighted by atomic mass is 32.2. The number of nitrogens with zero attached hydrogens (tertiary/aromatic N) is 1. The average Bonchev–Trinajstić information content (AvgIpc) is 2.47. The third kappa shape index (κ3) is 4.44. The summed E-state index contributed by atoms with van der Waals surface area (Å²) in [6, 6.07) is 6.71. The van der Waals surface area contributed by atoms with Crippen LogP contribution in [0.3, 0.4) is 0 Å². The molecule has 0 spiro atoms. The standard InChI is InChI=1S/C14H20N2O4S/c1-21(18,19)13-5-3-2-4-12(13)15-7-6-14(17)16-8-10-20-11-9-16/h2-5,15H,6-11H2,1H3. The van der Waals surface area contributed by atoms with E-state index in [-0.39, 0.29) is 10.8 Å². The molecule has 1 amide bonds. The quantitative estimate of drug-likeness (QED) is 0.868. The first-order valence-corrected chi connectivity index (χ1v) is 8.76. The molecule has 1 aromatic rings. The van der Waals surface area contributed by atoms with Crippen LogP contribution in [0, 0.1) is 0 Å². The van der Waals surface area contributed by atoms with Crippen molar-refractivity contribution in [3.63, 3.8) is 0 Å². The van der Waals surface area contributed by atoms with E-state index in [1.807, 2.05) is 0 Å².